The Kier molecular flexibility index (Phi) is 29.5. The number of aromatic nitrogens is 3. The number of pyridine rings is 1. The Hall–Kier alpha value is -6.17. The average Bonchev–Trinajstić information content (AvgIpc) is 1.34. The van der Waals surface area contributed by atoms with Crippen LogP contribution in [0.1, 0.15) is 207 Å². The monoisotopic (exact) mass is 1260 g/mol. The number of ketones is 2. The number of nitrogens with zero attached hydrogens (tertiary/aromatic N) is 7. The second-order valence-corrected chi connectivity index (χ2v) is 26.6. The lowest BCUT2D eigenvalue weighted by Gasteiger charge is -2.35. The maximum Gasteiger partial charge on any atom is 0.319 e. The van der Waals surface area contributed by atoms with E-state index in [-0.39, 0.29) is 64.4 Å². The number of phenolic OH excluding ortho intramolecular Hbond substituents is 1. The minimum Gasteiger partial charge on any atom is -0.508 e. The number of ether oxygens (including phenoxy) is 2. The second-order valence-electron chi connectivity index (χ2n) is 26.6. The van der Waals surface area contributed by atoms with E-state index in [4.69, 9.17) is 14.5 Å². The minimum absolute atomic E-state index is 0.00864. The van der Waals surface area contributed by atoms with Crippen molar-refractivity contribution in [3.8, 4) is 23.0 Å². The predicted octanol–water partition coefficient (Wildman–Crippen LogP) is 15.1. The van der Waals surface area contributed by atoms with Crippen molar-refractivity contribution in [2.24, 2.45) is 17.8 Å². The number of fused-ring (bicyclic) bond motifs is 3. The van der Waals surface area contributed by atoms with Crippen molar-refractivity contribution in [3.05, 3.63) is 77.0 Å². The molecule has 502 valence electrons. The summed E-state index contributed by atoms with van der Waals surface area (Å²) < 4.78 is 43.4. The highest BCUT2D eigenvalue weighted by Gasteiger charge is 2.50. The molecule has 91 heavy (non-hydrogen) atoms. The van der Waals surface area contributed by atoms with E-state index in [1.54, 1.807) is 18.6 Å². The van der Waals surface area contributed by atoms with Crippen LogP contribution in [0.5, 0.6) is 11.8 Å². The SMILES string of the molecule is CCCC(=O)C(C)CCC(C)=O.CCCC(CCC(C)CC)CN1CCC(c2ccc(C)c(N(C)C)c2)CC1.CCCC=O.CCc1c(F)ccc2cc(O)cc(-c3ncc4c(N5CCCC(O)C5)nc(OCC56CCCN5C(COC(C)=O)CC6)nc4c3F)c12. The van der Waals surface area contributed by atoms with Gasteiger partial charge in [0.05, 0.1) is 17.0 Å². The van der Waals surface area contributed by atoms with Crippen molar-refractivity contribution in [2.75, 3.05) is 76.4 Å². The van der Waals surface area contributed by atoms with E-state index in [1.807, 2.05) is 32.6 Å². The van der Waals surface area contributed by atoms with Gasteiger partial charge in [0, 0.05) is 89.3 Å². The van der Waals surface area contributed by atoms with E-state index in [0.717, 1.165) is 75.5 Å². The highest BCUT2D eigenvalue weighted by molar-refractivity contribution is 6.02. The molecule has 17 heteroatoms. The number of unbranched alkanes of at least 4 members (excludes halogenated alkanes) is 1. The lowest BCUT2D eigenvalue weighted by Crippen LogP contribution is -2.48. The Morgan fingerprint density at radius 2 is 1.62 bits per heavy atom. The Morgan fingerprint density at radius 3 is 2.25 bits per heavy atom. The maximum atomic E-state index is 16.8. The van der Waals surface area contributed by atoms with Gasteiger partial charge in [-0.1, -0.05) is 85.9 Å². The number of hydrogen-bond donors (Lipinski definition) is 2. The van der Waals surface area contributed by atoms with Crippen LogP contribution in [0, 0.1) is 36.3 Å². The number of hydrogen-bond acceptors (Lipinski definition) is 15. The van der Waals surface area contributed by atoms with Crippen LogP contribution in [0.3, 0.4) is 0 Å². The molecule has 0 spiro atoms. The summed E-state index contributed by atoms with van der Waals surface area (Å²) in [7, 11) is 4.31. The Bertz CT molecular complexity index is 3150. The van der Waals surface area contributed by atoms with Gasteiger partial charge < -0.3 is 44.0 Å². The molecule has 4 aliphatic rings. The van der Waals surface area contributed by atoms with E-state index in [0.29, 0.717) is 91.5 Å². The Balaban J connectivity index is 0.000000251. The molecule has 6 heterocycles. The van der Waals surface area contributed by atoms with E-state index in [1.165, 1.54) is 107 Å². The lowest BCUT2D eigenvalue weighted by molar-refractivity contribution is -0.142. The first-order valence-electron chi connectivity index (χ1n) is 34.3. The number of aliphatic hydroxyl groups is 1. The van der Waals surface area contributed by atoms with Crippen LogP contribution in [0.15, 0.2) is 48.7 Å². The number of phenols is 1. The van der Waals surface area contributed by atoms with Crippen LogP contribution in [-0.2, 0) is 30.3 Å². The number of aryl methyl sites for hydroxylation is 2. The highest BCUT2D eigenvalue weighted by atomic mass is 19.1. The molecule has 4 saturated heterocycles. The molecule has 0 aliphatic carbocycles. The molecule has 15 nitrogen and oxygen atoms in total. The van der Waals surface area contributed by atoms with E-state index in [2.05, 4.69) is 84.7 Å². The van der Waals surface area contributed by atoms with Crippen LogP contribution in [-0.4, -0.2) is 143 Å². The summed E-state index contributed by atoms with van der Waals surface area (Å²) in [4.78, 5) is 65.9. The first-order chi connectivity index (χ1) is 43.6. The maximum absolute atomic E-state index is 16.8. The van der Waals surface area contributed by atoms with Crippen LogP contribution in [0.4, 0.5) is 20.3 Å². The van der Waals surface area contributed by atoms with Gasteiger partial charge in [0.25, 0.3) is 0 Å². The third-order valence-corrected chi connectivity index (χ3v) is 19.2. The van der Waals surface area contributed by atoms with Gasteiger partial charge in [-0.15, -0.1) is 0 Å². The number of aldehydes is 1. The standard InChI is InChI=1S/C35H39F2N5O5.C25H44N2.C10H18O2.C4H8O/c1-3-25-28(36)8-7-21-14-24(45)15-26(29(21)25)31-30(37)32-27(16-38-31)33(41-12-4-6-23(44)17-41)40-34(39-32)47-19-35-10-5-13-42(35)22(9-11-35)18-46-20(2)43;1-7-9-22(12-10-20(3)8-2)19-27-16-14-23(15-17-27)24-13-11-21(4)25(18-24)26(5)6;1-4-5-10(12)8(2)6-7-9(3)11;1-2-3-4-5/h7-8,14-16,22-23,44-45H,3-6,9-13,17-19H2,1-2H3;11,13,18,20,22-23H,7-10,12,14-17,19H2,1-6H3;8H,4-7H2,1-3H3;4H,2-3H2,1H3. The van der Waals surface area contributed by atoms with Crippen molar-refractivity contribution in [1.82, 2.24) is 24.8 Å². The van der Waals surface area contributed by atoms with E-state index >= 15 is 4.39 Å². The fourth-order valence-electron chi connectivity index (χ4n) is 13.7. The number of esters is 1. The number of benzene rings is 3. The first kappa shape index (κ1) is 73.9. The number of carbonyl (C=O) groups is 4. The summed E-state index contributed by atoms with van der Waals surface area (Å²) in [6.45, 7) is 26.3. The van der Waals surface area contributed by atoms with Crippen LogP contribution in [0.25, 0.3) is 32.9 Å². The summed E-state index contributed by atoms with van der Waals surface area (Å²) >= 11 is 0. The number of β-amino-alcohol motifs (C(OH)–C–C–N with tert-alkyl or cyclic N) is 1. The molecular weight excluding hydrogens is 1150 g/mol. The molecular formula is C74H109F2N7O8. The Morgan fingerprint density at radius 1 is 0.857 bits per heavy atom. The Labute approximate surface area is 542 Å². The van der Waals surface area contributed by atoms with Crippen LogP contribution < -0.4 is 14.5 Å². The van der Waals surface area contributed by atoms with E-state index in [9.17, 15) is 33.8 Å². The summed E-state index contributed by atoms with van der Waals surface area (Å²) in [6, 6.07) is 13.1. The molecule has 0 radical (unpaired) electrons. The van der Waals surface area contributed by atoms with Gasteiger partial charge in [-0.2, -0.15) is 9.97 Å². The highest BCUT2D eigenvalue weighted by Crippen LogP contribution is 2.44. The molecule has 6 unspecified atom stereocenters. The molecule has 0 bridgehead atoms. The quantitative estimate of drug-likeness (QED) is 0.0394. The number of anilines is 2. The van der Waals surface area contributed by atoms with Crippen LogP contribution in [0.2, 0.25) is 0 Å². The normalized spacial score (nSPS) is 19.4. The molecule has 9 rings (SSSR count). The van der Waals surface area contributed by atoms with Crippen LogP contribution >= 0.6 is 0 Å². The predicted molar refractivity (Wildman–Crippen MR) is 363 cm³/mol. The van der Waals surface area contributed by atoms with E-state index < -0.39 is 17.7 Å². The smallest absolute Gasteiger partial charge is 0.319 e. The van der Waals surface area contributed by atoms with Gasteiger partial charge in [-0.25, -0.2) is 8.78 Å². The third-order valence-electron chi connectivity index (χ3n) is 19.2. The van der Waals surface area contributed by atoms with Crippen molar-refractivity contribution in [1.29, 1.82) is 0 Å². The molecule has 4 aliphatic heterocycles. The van der Waals surface area contributed by atoms with Crippen molar-refractivity contribution < 1.29 is 47.6 Å². The van der Waals surface area contributed by atoms with Gasteiger partial charge in [0.15, 0.2) is 5.82 Å². The first-order valence-corrected chi connectivity index (χ1v) is 34.3. The summed E-state index contributed by atoms with van der Waals surface area (Å²) in [6.07, 6.45) is 21.3. The number of likely N-dealkylation sites (tertiary alicyclic amines) is 1. The number of rotatable bonds is 26. The van der Waals surface area contributed by atoms with Gasteiger partial charge in [0.2, 0.25) is 0 Å². The fourth-order valence-corrected chi connectivity index (χ4v) is 13.7. The zero-order valence-electron chi connectivity index (χ0n) is 57.2. The number of halogens is 2. The molecule has 0 amide bonds. The lowest BCUT2D eigenvalue weighted by atomic mass is 9.87. The topological polar surface area (TPSA) is 179 Å². The molecule has 2 N–H and O–H groups in total. The summed E-state index contributed by atoms with van der Waals surface area (Å²) in [5.74, 6) is 1.92. The number of Topliss-reactive ketones (excluding diaryl/α,β-unsaturated/α-hetero) is 2. The number of carbonyl (C=O) groups excluding carboxylic acids is 4. The minimum atomic E-state index is -0.741. The third kappa shape index (κ3) is 20.7. The largest absolute Gasteiger partial charge is 0.508 e. The molecule has 3 aromatic carbocycles. The molecule has 5 aromatic rings. The van der Waals surface area contributed by atoms with Gasteiger partial charge >= 0.3 is 12.0 Å². The fraction of sp³-hybridized carbons (Fsp3) is 0.635. The molecule has 0 saturated carbocycles. The average molecular weight is 1260 g/mol. The number of piperidine rings is 2. The van der Waals surface area contributed by atoms with Gasteiger partial charge in [-0.05, 0) is 193 Å². The summed E-state index contributed by atoms with van der Waals surface area (Å²) in [5, 5.41) is 22.5. The molecule has 6 atom stereocenters. The van der Waals surface area contributed by atoms with Crippen molar-refractivity contribution >= 4 is 57.0 Å². The van der Waals surface area contributed by atoms with Crippen molar-refractivity contribution in [3.63, 3.8) is 0 Å². The zero-order chi connectivity index (χ0) is 66.4. The second kappa shape index (κ2) is 36.3. The number of aliphatic hydroxyl groups excluding tert-OH is 1. The summed E-state index contributed by atoms with van der Waals surface area (Å²) in [5.41, 5.74) is 4.61. The zero-order valence-corrected chi connectivity index (χ0v) is 57.2. The molecule has 4 fully saturated rings. The van der Waals surface area contributed by atoms with Gasteiger partial charge in [-0.3, -0.25) is 19.5 Å². The molecule has 2 aromatic heterocycles. The number of aromatic hydroxyl groups is 1. The van der Waals surface area contributed by atoms with Gasteiger partial charge in [0.1, 0.15) is 59.7 Å². The van der Waals surface area contributed by atoms with Crippen molar-refractivity contribution in [2.45, 2.75) is 221 Å².